The molecule has 140 valence electrons. The number of carbonyl (C=O) groups excluding carboxylic acids is 1. The van der Waals surface area contributed by atoms with Crippen molar-refractivity contribution < 1.29 is 14.6 Å². The topological polar surface area (TPSA) is 110 Å². The van der Waals surface area contributed by atoms with Gasteiger partial charge in [0.1, 0.15) is 0 Å². The van der Waals surface area contributed by atoms with Gasteiger partial charge in [-0.15, -0.1) is 0 Å². The Hall–Kier alpha value is -1.73. The molecular weight excluding hydrogens is 320 g/mol. The molecule has 1 saturated carbocycles. The van der Waals surface area contributed by atoms with Gasteiger partial charge < -0.3 is 20.9 Å². The number of anilines is 1. The molecule has 7 nitrogen and oxygen atoms in total. The highest BCUT2D eigenvalue weighted by Crippen LogP contribution is 2.25. The Bertz CT molecular complexity index is 584. The molecule has 1 aromatic heterocycles. The summed E-state index contributed by atoms with van der Waals surface area (Å²) in [5, 5.41) is 12.9. The van der Waals surface area contributed by atoms with E-state index < -0.39 is 5.91 Å². The van der Waals surface area contributed by atoms with E-state index in [4.69, 9.17) is 10.5 Å². The molecule has 25 heavy (non-hydrogen) atoms. The van der Waals surface area contributed by atoms with Gasteiger partial charge in [0.15, 0.2) is 0 Å². The number of nitrogens with zero attached hydrogens (tertiary/aromatic N) is 2. The van der Waals surface area contributed by atoms with Crippen LogP contribution in [0.2, 0.25) is 0 Å². The van der Waals surface area contributed by atoms with Crippen molar-refractivity contribution in [3.05, 3.63) is 17.5 Å². The standard InChI is InChI=1S/C18H30N4O3/c1-4-25-13-7-5-12(6-8-13)21-17-20-10-14(16(19)24)15(22-17)9-18(2,3)11-23/h10,12-13,23H,4-9,11H2,1-3H3,(H2,19,24)(H,20,21,22). The molecular formula is C18H30N4O3. The van der Waals surface area contributed by atoms with Gasteiger partial charge in [-0.2, -0.15) is 0 Å². The Morgan fingerprint density at radius 2 is 2.08 bits per heavy atom. The predicted octanol–water partition coefficient (Wildman–Crippen LogP) is 1.90. The summed E-state index contributed by atoms with van der Waals surface area (Å²) < 4.78 is 5.68. The highest BCUT2D eigenvalue weighted by Gasteiger charge is 2.24. The van der Waals surface area contributed by atoms with E-state index in [-0.39, 0.29) is 12.0 Å². The number of aromatic nitrogens is 2. The van der Waals surface area contributed by atoms with E-state index >= 15 is 0 Å². The molecule has 0 saturated heterocycles. The maximum atomic E-state index is 11.6. The predicted molar refractivity (Wildman–Crippen MR) is 96.4 cm³/mol. The van der Waals surface area contributed by atoms with Crippen LogP contribution in [0.4, 0.5) is 5.95 Å². The van der Waals surface area contributed by atoms with Crippen LogP contribution in [-0.4, -0.2) is 46.3 Å². The summed E-state index contributed by atoms with van der Waals surface area (Å²) in [6, 6.07) is 0.301. The zero-order valence-corrected chi connectivity index (χ0v) is 15.4. The maximum Gasteiger partial charge on any atom is 0.252 e. The van der Waals surface area contributed by atoms with Gasteiger partial charge >= 0.3 is 0 Å². The summed E-state index contributed by atoms with van der Waals surface area (Å²) >= 11 is 0. The zero-order chi connectivity index (χ0) is 18.4. The Balaban J connectivity index is 2.08. The summed E-state index contributed by atoms with van der Waals surface area (Å²) in [5.41, 5.74) is 5.94. The van der Waals surface area contributed by atoms with Gasteiger partial charge in [0.25, 0.3) is 5.91 Å². The van der Waals surface area contributed by atoms with Crippen LogP contribution in [-0.2, 0) is 11.2 Å². The van der Waals surface area contributed by atoms with Gasteiger partial charge in [-0.05, 0) is 44.4 Å². The third-order valence-corrected chi connectivity index (χ3v) is 4.62. The number of rotatable bonds is 8. The van der Waals surface area contributed by atoms with Crippen molar-refractivity contribution in [3.63, 3.8) is 0 Å². The number of nitrogens with one attached hydrogen (secondary N) is 1. The van der Waals surface area contributed by atoms with Crippen LogP contribution in [0.15, 0.2) is 6.20 Å². The monoisotopic (exact) mass is 350 g/mol. The summed E-state index contributed by atoms with van der Waals surface area (Å²) in [4.78, 5) is 20.4. The first-order valence-corrected chi connectivity index (χ1v) is 8.99. The Morgan fingerprint density at radius 3 is 2.64 bits per heavy atom. The number of ether oxygens (including phenoxy) is 1. The van der Waals surface area contributed by atoms with E-state index in [9.17, 15) is 9.90 Å². The SMILES string of the molecule is CCOC1CCC(Nc2ncc(C(N)=O)c(CC(C)(C)CO)n2)CC1. The fourth-order valence-corrected chi connectivity index (χ4v) is 3.13. The molecule has 0 atom stereocenters. The van der Waals surface area contributed by atoms with Gasteiger partial charge in [0.2, 0.25) is 5.95 Å². The van der Waals surface area contributed by atoms with Gasteiger partial charge in [-0.25, -0.2) is 9.97 Å². The lowest BCUT2D eigenvalue weighted by Crippen LogP contribution is -2.31. The van der Waals surface area contributed by atoms with Crippen LogP contribution in [0.3, 0.4) is 0 Å². The fourth-order valence-electron chi connectivity index (χ4n) is 3.13. The minimum absolute atomic E-state index is 0.000587. The number of amides is 1. The molecule has 1 aliphatic rings. The van der Waals surface area contributed by atoms with Crippen molar-refractivity contribution in [1.29, 1.82) is 0 Å². The van der Waals surface area contributed by atoms with E-state index in [0.29, 0.717) is 35.8 Å². The largest absolute Gasteiger partial charge is 0.396 e. The van der Waals surface area contributed by atoms with Crippen molar-refractivity contribution in [2.45, 2.75) is 65.0 Å². The van der Waals surface area contributed by atoms with Crippen LogP contribution >= 0.6 is 0 Å². The Labute approximate surface area is 149 Å². The number of carbonyl (C=O) groups is 1. The second-order valence-electron chi connectivity index (χ2n) is 7.49. The zero-order valence-electron chi connectivity index (χ0n) is 15.4. The number of hydrogen-bond acceptors (Lipinski definition) is 6. The van der Waals surface area contributed by atoms with E-state index in [1.54, 1.807) is 0 Å². The van der Waals surface area contributed by atoms with Crippen molar-refractivity contribution >= 4 is 11.9 Å². The third-order valence-electron chi connectivity index (χ3n) is 4.62. The second kappa shape index (κ2) is 8.58. The molecule has 0 bridgehead atoms. The van der Waals surface area contributed by atoms with E-state index in [1.165, 1.54) is 6.20 Å². The van der Waals surface area contributed by atoms with Crippen molar-refractivity contribution in [2.75, 3.05) is 18.5 Å². The van der Waals surface area contributed by atoms with Gasteiger partial charge in [-0.3, -0.25) is 4.79 Å². The van der Waals surface area contributed by atoms with E-state index in [2.05, 4.69) is 15.3 Å². The van der Waals surface area contributed by atoms with Crippen molar-refractivity contribution in [2.24, 2.45) is 11.1 Å². The van der Waals surface area contributed by atoms with Crippen LogP contribution < -0.4 is 11.1 Å². The van der Waals surface area contributed by atoms with Crippen LogP contribution in [0.25, 0.3) is 0 Å². The molecule has 1 aliphatic carbocycles. The van der Waals surface area contributed by atoms with Gasteiger partial charge in [0.05, 0.1) is 17.4 Å². The van der Waals surface area contributed by atoms with Gasteiger partial charge in [-0.1, -0.05) is 13.8 Å². The van der Waals surface area contributed by atoms with Crippen LogP contribution in [0.5, 0.6) is 0 Å². The first kappa shape index (κ1) is 19.6. The quantitative estimate of drug-likeness (QED) is 0.660. The summed E-state index contributed by atoms with van der Waals surface area (Å²) in [7, 11) is 0. The third kappa shape index (κ3) is 5.64. The molecule has 7 heteroatoms. The molecule has 1 fully saturated rings. The smallest absolute Gasteiger partial charge is 0.252 e. The lowest BCUT2D eigenvalue weighted by atomic mass is 9.87. The highest BCUT2D eigenvalue weighted by molar-refractivity contribution is 5.93. The van der Waals surface area contributed by atoms with Crippen molar-refractivity contribution in [1.82, 2.24) is 9.97 Å². The summed E-state index contributed by atoms with van der Waals surface area (Å²) in [5.74, 6) is -0.0406. The second-order valence-corrected chi connectivity index (χ2v) is 7.49. The number of aliphatic hydroxyl groups excluding tert-OH is 1. The fraction of sp³-hybridized carbons (Fsp3) is 0.722. The normalized spacial score (nSPS) is 21.1. The minimum atomic E-state index is -0.549. The molecule has 0 unspecified atom stereocenters. The summed E-state index contributed by atoms with van der Waals surface area (Å²) in [6.07, 6.45) is 6.33. The van der Waals surface area contributed by atoms with Crippen LogP contribution in [0, 0.1) is 5.41 Å². The molecule has 0 aliphatic heterocycles. The molecule has 0 aromatic carbocycles. The molecule has 0 spiro atoms. The lowest BCUT2D eigenvalue weighted by Gasteiger charge is -2.29. The van der Waals surface area contributed by atoms with Crippen LogP contribution in [0.1, 0.15) is 62.5 Å². The molecule has 0 radical (unpaired) electrons. The maximum absolute atomic E-state index is 11.6. The summed E-state index contributed by atoms with van der Waals surface area (Å²) in [6.45, 7) is 6.61. The number of hydrogen-bond donors (Lipinski definition) is 3. The highest BCUT2D eigenvalue weighted by atomic mass is 16.5. The van der Waals surface area contributed by atoms with Crippen molar-refractivity contribution in [3.8, 4) is 0 Å². The Morgan fingerprint density at radius 1 is 1.40 bits per heavy atom. The molecule has 1 aromatic rings. The minimum Gasteiger partial charge on any atom is -0.396 e. The number of aliphatic hydroxyl groups is 1. The molecule has 2 rings (SSSR count). The molecule has 1 heterocycles. The van der Waals surface area contributed by atoms with E-state index in [1.807, 2.05) is 20.8 Å². The van der Waals surface area contributed by atoms with E-state index in [0.717, 1.165) is 32.3 Å². The van der Waals surface area contributed by atoms with Gasteiger partial charge in [0, 0.05) is 25.5 Å². The Kier molecular flexibility index (Phi) is 6.72. The number of nitrogens with two attached hydrogens (primary N) is 1. The number of primary amides is 1. The average molecular weight is 350 g/mol. The first-order valence-electron chi connectivity index (χ1n) is 8.99. The average Bonchev–Trinajstić information content (AvgIpc) is 2.56. The first-order chi connectivity index (χ1) is 11.8. The molecule has 4 N–H and O–H groups in total. The molecule has 1 amide bonds. The lowest BCUT2D eigenvalue weighted by molar-refractivity contribution is 0.0346.